The van der Waals surface area contributed by atoms with Crippen LogP contribution < -0.4 is 5.73 Å². The number of rotatable bonds is 0. The first-order valence-corrected chi connectivity index (χ1v) is 5.61. The van der Waals surface area contributed by atoms with Crippen LogP contribution in [0.15, 0.2) is 0 Å². The number of nitrogens with zero attached hydrogens (tertiary/aromatic N) is 2. The Morgan fingerprint density at radius 3 is 3.00 bits per heavy atom. The zero-order valence-corrected chi connectivity index (χ0v) is 8.82. The number of hydrogen-bond donors (Lipinski definition) is 1. The Hall–Kier alpha value is -1.16. The molecular formula is C10H11N3S. The number of aryl methyl sites for hydroxylation is 3. The normalized spacial score (nSPS) is 14.9. The van der Waals surface area contributed by atoms with Crippen LogP contribution in [-0.4, -0.2) is 9.97 Å². The van der Waals surface area contributed by atoms with E-state index in [-0.39, 0.29) is 0 Å². The molecule has 0 atom stereocenters. The molecule has 0 unspecified atom stereocenters. The number of fused-ring (bicyclic) bond motifs is 3. The van der Waals surface area contributed by atoms with E-state index in [0.29, 0.717) is 5.82 Å². The molecule has 0 aliphatic heterocycles. The lowest BCUT2D eigenvalue weighted by molar-refractivity contribution is 0.917. The van der Waals surface area contributed by atoms with Crippen molar-refractivity contribution in [2.24, 2.45) is 0 Å². The molecule has 1 aliphatic carbocycles. The van der Waals surface area contributed by atoms with E-state index in [1.54, 1.807) is 11.3 Å². The first-order chi connectivity index (χ1) is 6.75. The first-order valence-electron chi connectivity index (χ1n) is 4.80. The van der Waals surface area contributed by atoms with Gasteiger partial charge in [0.25, 0.3) is 0 Å². The fourth-order valence-electron chi connectivity index (χ4n) is 2.13. The summed E-state index contributed by atoms with van der Waals surface area (Å²) < 4.78 is 0. The highest BCUT2D eigenvalue weighted by Crippen LogP contribution is 2.38. The summed E-state index contributed by atoms with van der Waals surface area (Å²) in [5.41, 5.74) is 7.34. The molecule has 1 aliphatic rings. The van der Waals surface area contributed by atoms with Crippen molar-refractivity contribution in [1.82, 2.24) is 9.97 Å². The van der Waals surface area contributed by atoms with Crippen LogP contribution in [0.25, 0.3) is 10.2 Å². The Labute approximate surface area is 86.0 Å². The molecule has 0 spiro atoms. The average molecular weight is 205 g/mol. The summed E-state index contributed by atoms with van der Waals surface area (Å²) in [5, 5.41) is 1.12. The predicted molar refractivity (Wildman–Crippen MR) is 58.6 cm³/mol. The van der Waals surface area contributed by atoms with E-state index in [1.165, 1.54) is 23.3 Å². The van der Waals surface area contributed by atoms with Gasteiger partial charge in [-0.1, -0.05) is 0 Å². The van der Waals surface area contributed by atoms with Crippen LogP contribution in [0.1, 0.15) is 22.7 Å². The molecule has 0 bridgehead atoms. The first kappa shape index (κ1) is 8.17. The van der Waals surface area contributed by atoms with Gasteiger partial charge in [-0.2, -0.15) is 0 Å². The van der Waals surface area contributed by atoms with Crippen molar-refractivity contribution >= 4 is 27.4 Å². The molecule has 2 aromatic heterocycles. The molecule has 0 aromatic carbocycles. The standard InChI is InChI=1S/C10H11N3S/c1-5-12-9(11)8-6-3-2-4-7(6)14-10(8)13-5/h2-4H2,1H3,(H2,11,12,13). The van der Waals surface area contributed by atoms with E-state index in [2.05, 4.69) is 9.97 Å². The van der Waals surface area contributed by atoms with Gasteiger partial charge in [0.2, 0.25) is 0 Å². The molecule has 2 heterocycles. The lowest BCUT2D eigenvalue weighted by Crippen LogP contribution is -1.96. The highest BCUT2D eigenvalue weighted by Gasteiger charge is 2.20. The van der Waals surface area contributed by atoms with E-state index >= 15 is 0 Å². The van der Waals surface area contributed by atoms with Crippen molar-refractivity contribution in [3.8, 4) is 0 Å². The monoisotopic (exact) mass is 205 g/mol. The van der Waals surface area contributed by atoms with Crippen molar-refractivity contribution < 1.29 is 0 Å². The van der Waals surface area contributed by atoms with Gasteiger partial charge >= 0.3 is 0 Å². The molecule has 2 aromatic rings. The zero-order chi connectivity index (χ0) is 9.71. The van der Waals surface area contributed by atoms with Gasteiger partial charge in [0.05, 0.1) is 5.39 Å². The second kappa shape index (κ2) is 2.67. The van der Waals surface area contributed by atoms with Crippen LogP contribution in [0.3, 0.4) is 0 Å². The molecule has 0 saturated carbocycles. The minimum atomic E-state index is 0.659. The van der Waals surface area contributed by atoms with Crippen LogP contribution in [0.4, 0.5) is 5.82 Å². The van der Waals surface area contributed by atoms with Gasteiger partial charge in [-0.05, 0) is 31.7 Å². The molecule has 3 nitrogen and oxygen atoms in total. The van der Waals surface area contributed by atoms with Crippen molar-refractivity contribution in [2.45, 2.75) is 26.2 Å². The molecule has 2 N–H and O–H groups in total. The largest absolute Gasteiger partial charge is 0.383 e. The van der Waals surface area contributed by atoms with Gasteiger partial charge in [-0.15, -0.1) is 11.3 Å². The summed E-state index contributed by atoms with van der Waals surface area (Å²) in [7, 11) is 0. The van der Waals surface area contributed by atoms with Gasteiger partial charge in [-0.25, -0.2) is 9.97 Å². The van der Waals surface area contributed by atoms with Gasteiger partial charge < -0.3 is 5.73 Å². The lowest BCUT2D eigenvalue weighted by Gasteiger charge is -1.99. The van der Waals surface area contributed by atoms with Crippen LogP contribution in [0.5, 0.6) is 0 Å². The maximum absolute atomic E-state index is 5.93. The smallest absolute Gasteiger partial charge is 0.136 e. The summed E-state index contributed by atoms with van der Waals surface area (Å²) in [6.07, 6.45) is 3.59. The van der Waals surface area contributed by atoms with Crippen molar-refractivity contribution in [1.29, 1.82) is 0 Å². The fourth-order valence-corrected chi connectivity index (χ4v) is 3.45. The third-order valence-corrected chi connectivity index (χ3v) is 3.89. The van der Waals surface area contributed by atoms with Gasteiger partial charge in [0.1, 0.15) is 16.5 Å². The summed E-state index contributed by atoms with van der Waals surface area (Å²) in [5.74, 6) is 1.43. The topological polar surface area (TPSA) is 51.8 Å². The van der Waals surface area contributed by atoms with E-state index in [9.17, 15) is 0 Å². The minimum Gasteiger partial charge on any atom is -0.383 e. The molecule has 14 heavy (non-hydrogen) atoms. The van der Waals surface area contributed by atoms with Crippen LogP contribution in [0, 0.1) is 6.92 Å². The third kappa shape index (κ3) is 0.973. The number of anilines is 1. The molecule has 3 rings (SSSR count). The Balaban J connectivity index is 2.43. The molecule has 72 valence electrons. The number of nitrogens with two attached hydrogens (primary N) is 1. The molecule has 0 saturated heterocycles. The van der Waals surface area contributed by atoms with Gasteiger partial charge in [0, 0.05) is 4.88 Å². The number of hydrogen-bond acceptors (Lipinski definition) is 4. The van der Waals surface area contributed by atoms with Crippen LogP contribution in [-0.2, 0) is 12.8 Å². The maximum atomic E-state index is 5.93. The summed E-state index contributed by atoms with van der Waals surface area (Å²) >= 11 is 1.78. The molecular weight excluding hydrogens is 194 g/mol. The Morgan fingerprint density at radius 1 is 1.29 bits per heavy atom. The minimum absolute atomic E-state index is 0.659. The number of aromatic nitrogens is 2. The quantitative estimate of drug-likeness (QED) is 0.716. The molecule has 0 radical (unpaired) electrons. The Morgan fingerprint density at radius 2 is 2.14 bits per heavy atom. The van der Waals surface area contributed by atoms with Gasteiger partial charge in [-0.3, -0.25) is 0 Å². The lowest BCUT2D eigenvalue weighted by atomic mass is 10.2. The van der Waals surface area contributed by atoms with Crippen LogP contribution in [0.2, 0.25) is 0 Å². The zero-order valence-electron chi connectivity index (χ0n) is 8.00. The van der Waals surface area contributed by atoms with Crippen molar-refractivity contribution in [3.05, 3.63) is 16.3 Å². The average Bonchev–Trinajstić information content (AvgIpc) is 2.60. The summed E-state index contributed by atoms with van der Waals surface area (Å²) in [6.45, 7) is 1.89. The molecule has 0 amide bonds. The summed E-state index contributed by atoms with van der Waals surface area (Å²) in [4.78, 5) is 11.2. The SMILES string of the molecule is Cc1nc(N)c2c3c(sc2n1)CCC3. The molecule has 4 heteroatoms. The highest BCUT2D eigenvalue weighted by atomic mass is 32.1. The van der Waals surface area contributed by atoms with Crippen molar-refractivity contribution in [3.63, 3.8) is 0 Å². The van der Waals surface area contributed by atoms with Crippen molar-refractivity contribution in [2.75, 3.05) is 5.73 Å². The second-order valence-electron chi connectivity index (χ2n) is 3.69. The highest BCUT2D eigenvalue weighted by molar-refractivity contribution is 7.19. The Bertz CT molecular complexity index is 516. The Kier molecular flexibility index (Phi) is 1.56. The maximum Gasteiger partial charge on any atom is 0.136 e. The van der Waals surface area contributed by atoms with E-state index < -0.39 is 0 Å². The number of thiophene rings is 1. The number of nitrogen functional groups attached to an aromatic ring is 1. The predicted octanol–water partition coefficient (Wildman–Crippen LogP) is 2.07. The van der Waals surface area contributed by atoms with Gasteiger partial charge in [0.15, 0.2) is 0 Å². The fraction of sp³-hybridized carbons (Fsp3) is 0.400. The van der Waals surface area contributed by atoms with Crippen LogP contribution >= 0.6 is 11.3 Å². The second-order valence-corrected chi connectivity index (χ2v) is 4.78. The molecule has 0 fully saturated rings. The third-order valence-electron chi connectivity index (χ3n) is 2.70. The van der Waals surface area contributed by atoms with E-state index in [0.717, 1.165) is 22.5 Å². The summed E-state index contributed by atoms with van der Waals surface area (Å²) in [6, 6.07) is 0. The van der Waals surface area contributed by atoms with E-state index in [4.69, 9.17) is 5.73 Å². The van der Waals surface area contributed by atoms with E-state index in [1.807, 2.05) is 6.92 Å².